The zero-order valence-electron chi connectivity index (χ0n) is 17.5. The molecule has 0 saturated carbocycles. The number of hydrogen-bond acceptors (Lipinski definition) is 3. The van der Waals surface area contributed by atoms with Gasteiger partial charge in [-0.05, 0) is 45.7 Å². The van der Waals surface area contributed by atoms with Gasteiger partial charge in [0.25, 0.3) is 0 Å². The largest absolute Gasteiger partial charge is 0.383 e. The summed E-state index contributed by atoms with van der Waals surface area (Å²) in [6.45, 7) is 14.1. The van der Waals surface area contributed by atoms with Crippen LogP contribution in [-0.2, 0) is 24.4 Å². The molecule has 2 N–H and O–H groups in total. The Morgan fingerprint density at radius 3 is 2.63 bits per heavy atom. The van der Waals surface area contributed by atoms with Crippen LogP contribution in [0.1, 0.15) is 40.6 Å². The van der Waals surface area contributed by atoms with E-state index in [1.54, 1.807) is 7.11 Å². The van der Waals surface area contributed by atoms with Crippen molar-refractivity contribution in [2.75, 3.05) is 20.3 Å². The van der Waals surface area contributed by atoms with Crippen LogP contribution in [0.2, 0.25) is 0 Å². The predicted molar refractivity (Wildman–Crippen MR) is 111 cm³/mol. The van der Waals surface area contributed by atoms with Crippen molar-refractivity contribution in [1.29, 1.82) is 0 Å². The number of guanidine groups is 1. The quantitative estimate of drug-likeness (QED) is 0.553. The number of rotatable bonds is 8. The number of methoxy groups -OCH3 is 1. The number of nitrogens with one attached hydrogen (secondary N) is 2. The SMILES string of the molecule is CCNC(=NCc1ccc(C)cc1C)NCc1c(C)nn(CCOC)c1C. The first-order valence-electron chi connectivity index (χ1n) is 9.56. The highest BCUT2D eigenvalue weighted by molar-refractivity contribution is 5.79. The number of hydrogen-bond donors (Lipinski definition) is 2. The minimum atomic E-state index is 0.659. The molecular weight excluding hydrogens is 338 g/mol. The lowest BCUT2D eigenvalue weighted by Crippen LogP contribution is -2.37. The van der Waals surface area contributed by atoms with E-state index in [-0.39, 0.29) is 0 Å². The van der Waals surface area contributed by atoms with Gasteiger partial charge in [-0.25, -0.2) is 4.99 Å². The van der Waals surface area contributed by atoms with Crippen molar-refractivity contribution in [3.05, 3.63) is 51.8 Å². The summed E-state index contributed by atoms with van der Waals surface area (Å²) < 4.78 is 7.17. The average molecular weight is 372 g/mol. The molecule has 1 heterocycles. The molecular formula is C21H33N5O. The zero-order valence-corrected chi connectivity index (χ0v) is 17.5. The van der Waals surface area contributed by atoms with E-state index in [4.69, 9.17) is 9.73 Å². The van der Waals surface area contributed by atoms with E-state index in [1.807, 2.05) is 11.6 Å². The molecule has 0 spiro atoms. The summed E-state index contributed by atoms with van der Waals surface area (Å²) in [5, 5.41) is 11.4. The highest BCUT2D eigenvalue weighted by atomic mass is 16.5. The number of aromatic nitrogens is 2. The lowest BCUT2D eigenvalue weighted by molar-refractivity contribution is 0.182. The Hall–Kier alpha value is -2.34. The monoisotopic (exact) mass is 371 g/mol. The topological polar surface area (TPSA) is 63.5 Å². The normalized spacial score (nSPS) is 11.7. The van der Waals surface area contributed by atoms with Crippen molar-refractivity contribution in [2.24, 2.45) is 4.99 Å². The van der Waals surface area contributed by atoms with Gasteiger partial charge < -0.3 is 15.4 Å². The van der Waals surface area contributed by atoms with Crippen LogP contribution in [0.4, 0.5) is 0 Å². The second-order valence-corrected chi connectivity index (χ2v) is 6.84. The lowest BCUT2D eigenvalue weighted by atomic mass is 10.1. The molecule has 0 radical (unpaired) electrons. The van der Waals surface area contributed by atoms with Crippen LogP contribution in [0, 0.1) is 27.7 Å². The second kappa shape index (κ2) is 10.1. The first-order valence-corrected chi connectivity index (χ1v) is 9.56. The molecule has 0 atom stereocenters. The third-order valence-corrected chi connectivity index (χ3v) is 4.72. The van der Waals surface area contributed by atoms with Crippen LogP contribution in [0.15, 0.2) is 23.2 Å². The number of benzene rings is 1. The van der Waals surface area contributed by atoms with Crippen LogP contribution >= 0.6 is 0 Å². The van der Waals surface area contributed by atoms with Gasteiger partial charge in [-0.1, -0.05) is 23.8 Å². The number of nitrogens with zero attached hydrogens (tertiary/aromatic N) is 3. The molecule has 0 aliphatic carbocycles. The van der Waals surface area contributed by atoms with Crippen molar-refractivity contribution in [3.63, 3.8) is 0 Å². The fourth-order valence-electron chi connectivity index (χ4n) is 3.09. The average Bonchev–Trinajstić information content (AvgIpc) is 2.90. The van der Waals surface area contributed by atoms with E-state index in [9.17, 15) is 0 Å². The maximum atomic E-state index is 5.17. The Balaban J connectivity index is 2.07. The van der Waals surface area contributed by atoms with Gasteiger partial charge in [0, 0.05) is 31.5 Å². The van der Waals surface area contributed by atoms with Crippen molar-refractivity contribution < 1.29 is 4.74 Å². The third-order valence-electron chi connectivity index (χ3n) is 4.72. The molecule has 0 amide bonds. The van der Waals surface area contributed by atoms with Gasteiger partial charge in [0.1, 0.15) is 0 Å². The molecule has 148 valence electrons. The molecule has 0 saturated heterocycles. The Bertz CT molecular complexity index is 779. The molecule has 2 rings (SSSR count). The zero-order chi connectivity index (χ0) is 19.8. The first kappa shape index (κ1) is 21.0. The molecule has 1 aromatic heterocycles. The van der Waals surface area contributed by atoms with E-state index < -0.39 is 0 Å². The Labute approximate surface area is 163 Å². The molecule has 0 unspecified atom stereocenters. The van der Waals surface area contributed by atoms with Gasteiger partial charge >= 0.3 is 0 Å². The smallest absolute Gasteiger partial charge is 0.191 e. The van der Waals surface area contributed by atoms with Crippen molar-refractivity contribution in [1.82, 2.24) is 20.4 Å². The van der Waals surface area contributed by atoms with Gasteiger partial charge in [-0.3, -0.25) is 4.68 Å². The van der Waals surface area contributed by atoms with E-state index in [1.165, 1.54) is 27.9 Å². The van der Waals surface area contributed by atoms with E-state index >= 15 is 0 Å². The maximum Gasteiger partial charge on any atom is 0.191 e. The van der Waals surface area contributed by atoms with E-state index in [0.717, 1.165) is 24.7 Å². The molecule has 0 aliphatic rings. The summed E-state index contributed by atoms with van der Waals surface area (Å²) in [6, 6.07) is 6.50. The summed E-state index contributed by atoms with van der Waals surface area (Å²) in [5.74, 6) is 0.820. The second-order valence-electron chi connectivity index (χ2n) is 6.84. The fraction of sp³-hybridized carbons (Fsp3) is 0.524. The van der Waals surface area contributed by atoms with Crippen molar-refractivity contribution in [2.45, 2.75) is 54.3 Å². The van der Waals surface area contributed by atoms with E-state index in [0.29, 0.717) is 19.7 Å². The molecule has 0 bridgehead atoms. The highest BCUT2D eigenvalue weighted by Crippen LogP contribution is 2.13. The van der Waals surface area contributed by atoms with Gasteiger partial charge in [0.2, 0.25) is 0 Å². The maximum absolute atomic E-state index is 5.17. The summed E-state index contributed by atoms with van der Waals surface area (Å²) in [5.41, 5.74) is 7.23. The summed E-state index contributed by atoms with van der Waals surface area (Å²) in [7, 11) is 1.71. The molecule has 1 aromatic carbocycles. The third kappa shape index (κ3) is 5.82. The van der Waals surface area contributed by atoms with Crippen LogP contribution in [0.25, 0.3) is 0 Å². The number of ether oxygens (including phenoxy) is 1. The van der Waals surface area contributed by atoms with E-state index in [2.05, 4.69) is 61.6 Å². The van der Waals surface area contributed by atoms with Crippen LogP contribution in [0.5, 0.6) is 0 Å². The predicted octanol–water partition coefficient (Wildman–Crippen LogP) is 3.02. The van der Waals surface area contributed by atoms with Gasteiger partial charge in [-0.2, -0.15) is 5.10 Å². The number of aliphatic imine (C=N–C) groups is 1. The Morgan fingerprint density at radius 1 is 1.19 bits per heavy atom. The number of aryl methyl sites for hydroxylation is 3. The first-order chi connectivity index (χ1) is 13.0. The molecule has 27 heavy (non-hydrogen) atoms. The highest BCUT2D eigenvalue weighted by Gasteiger charge is 2.12. The molecule has 0 aliphatic heterocycles. The minimum Gasteiger partial charge on any atom is -0.383 e. The minimum absolute atomic E-state index is 0.659. The van der Waals surface area contributed by atoms with Crippen LogP contribution in [-0.4, -0.2) is 36.0 Å². The van der Waals surface area contributed by atoms with Gasteiger partial charge in [0.15, 0.2) is 5.96 Å². The van der Waals surface area contributed by atoms with Gasteiger partial charge in [0.05, 0.1) is 25.4 Å². The summed E-state index contributed by atoms with van der Waals surface area (Å²) >= 11 is 0. The Kier molecular flexibility index (Phi) is 7.85. The molecule has 6 heteroatoms. The van der Waals surface area contributed by atoms with Crippen molar-refractivity contribution in [3.8, 4) is 0 Å². The standard InChI is InChI=1S/C21H33N5O/c1-7-22-21(23-13-19-9-8-15(2)12-16(19)3)24-14-20-17(4)25-26(18(20)5)10-11-27-6/h8-9,12H,7,10-11,13-14H2,1-6H3,(H2,22,23,24). The van der Waals surface area contributed by atoms with Crippen LogP contribution < -0.4 is 10.6 Å². The molecule has 6 nitrogen and oxygen atoms in total. The van der Waals surface area contributed by atoms with Crippen LogP contribution in [0.3, 0.4) is 0 Å². The molecule has 2 aromatic rings. The Morgan fingerprint density at radius 2 is 1.96 bits per heavy atom. The molecule has 0 fully saturated rings. The summed E-state index contributed by atoms with van der Waals surface area (Å²) in [4.78, 5) is 4.75. The fourth-order valence-corrected chi connectivity index (χ4v) is 3.09. The van der Waals surface area contributed by atoms with Gasteiger partial charge in [-0.15, -0.1) is 0 Å². The lowest BCUT2D eigenvalue weighted by Gasteiger charge is -2.12. The van der Waals surface area contributed by atoms with Crippen molar-refractivity contribution >= 4 is 5.96 Å². The summed E-state index contributed by atoms with van der Waals surface area (Å²) in [6.07, 6.45) is 0.